The Morgan fingerprint density at radius 3 is 2.33 bits per heavy atom. The fourth-order valence-corrected chi connectivity index (χ4v) is 2.82. The maximum atomic E-state index is 11.4. The van der Waals surface area contributed by atoms with Crippen LogP contribution in [0.5, 0.6) is 17.2 Å². The fraction of sp³-hybridized carbons (Fsp3) is 0.400. The van der Waals surface area contributed by atoms with Crippen molar-refractivity contribution in [2.75, 3.05) is 27.3 Å². The minimum absolute atomic E-state index is 0.156. The molecule has 0 unspecified atom stereocenters. The molecule has 162 valence electrons. The molecule has 0 aromatic heterocycles. The van der Waals surface area contributed by atoms with Gasteiger partial charge in [-0.25, -0.2) is 0 Å². The van der Waals surface area contributed by atoms with E-state index in [1.165, 1.54) is 6.07 Å². The third-order valence-corrected chi connectivity index (χ3v) is 4.34. The summed E-state index contributed by atoms with van der Waals surface area (Å²) in [5.74, 6) is 0.685. The lowest BCUT2D eigenvalue weighted by Gasteiger charge is -2.09. The molecule has 2 aromatic carbocycles. The Morgan fingerprint density at radius 2 is 1.57 bits per heavy atom. The van der Waals surface area contributed by atoms with Gasteiger partial charge in [-0.05, 0) is 55.2 Å². The van der Waals surface area contributed by atoms with E-state index in [0.717, 1.165) is 31.2 Å². The van der Waals surface area contributed by atoms with E-state index in [1.807, 2.05) is 0 Å². The molecule has 0 radical (unpaired) electrons. The molecule has 30 heavy (non-hydrogen) atoms. The number of hydrogen-bond donors (Lipinski definition) is 0. The second-order valence-corrected chi connectivity index (χ2v) is 6.66. The second-order valence-electron chi connectivity index (χ2n) is 6.66. The van der Waals surface area contributed by atoms with Crippen LogP contribution in [0.2, 0.25) is 0 Å². The van der Waals surface area contributed by atoms with Crippen LogP contribution in [0.3, 0.4) is 0 Å². The standard InChI is InChI=1S/C25H32O5/c1-4-29-25(26)9-7-5-6-8-16-30-24-18-21(17-23(19-24)28-3)11-10-20-12-14-22(27-2)15-13-20/h10-15,17-19H,4-9,16H2,1-3H3/b11-10+/i2D3,3D3. The molecule has 0 aliphatic heterocycles. The lowest BCUT2D eigenvalue weighted by Crippen LogP contribution is -2.03. The Morgan fingerprint density at radius 1 is 0.867 bits per heavy atom. The number of unbranched alkanes of at least 4 members (excludes halogenated alkanes) is 3. The van der Waals surface area contributed by atoms with Gasteiger partial charge < -0.3 is 18.9 Å². The van der Waals surface area contributed by atoms with Crippen LogP contribution in [0.4, 0.5) is 0 Å². The predicted molar refractivity (Wildman–Crippen MR) is 120 cm³/mol. The predicted octanol–water partition coefficient (Wildman–Crippen LogP) is 5.77. The van der Waals surface area contributed by atoms with Gasteiger partial charge in [0.2, 0.25) is 0 Å². The Kier molecular flexibility index (Phi) is 7.02. The smallest absolute Gasteiger partial charge is 0.305 e. The molecule has 0 heterocycles. The quantitative estimate of drug-likeness (QED) is 0.235. The highest BCUT2D eigenvalue weighted by Crippen LogP contribution is 2.25. The Hall–Kier alpha value is -2.95. The van der Waals surface area contributed by atoms with Crippen molar-refractivity contribution >= 4 is 18.1 Å². The first-order valence-electron chi connectivity index (χ1n) is 13.0. The van der Waals surface area contributed by atoms with Gasteiger partial charge in [-0.15, -0.1) is 0 Å². The summed E-state index contributed by atoms with van der Waals surface area (Å²) in [6, 6.07) is 11.4. The van der Waals surface area contributed by atoms with E-state index < -0.39 is 14.1 Å². The summed E-state index contributed by atoms with van der Waals surface area (Å²) >= 11 is 0. The van der Waals surface area contributed by atoms with Gasteiger partial charge in [-0.2, -0.15) is 0 Å². The van der Waals surface area contributed by atoms with Gasteiger partial charge in [0.15, 0.2) is 0 Å². The van der Waals surface area contributed by atoms with Gasteiger partial charge in [-0.1, -0.05) is 37.1 Å². The van der Waals surface area contributed by atoms with Crippen LogP contribution in [0, 0.1) is 0 Å². The maximum Gasteiger partial charge on any atom is 0.305 e. The average Bonchev–Trinajstić information content (AvgIpc) is 2.76. The van der Waals surface area contributed by atoms with Crippen molar-refractivity contribution in [2.45, 2.75) is 39.0 Å². The van der Waals surface area contributed by atoms with Crippen LogP contribution in [-0.4, -0.2) is 33.3 Å². The molecule has 0 N–H and O–H groups in total. The molecule has 0 spiro atoms. The molecule has 2 aromatic rings. The zero-order valence-electron chi connectivity index (χ0n) is 23.2. The monoisotopic (exact) mass is 418 g/mol. The van der Waals surface area contributed by atoms with Crippen molar-refractivity contribution in [3.05, 3.63) is 53.6 Å². The fourth-order valence-electron chi connectivity index (χ4n) is 2.82. The van der Waals surface area contributed by atoms with Gasteiger partial charge in [-0.3, -0.25) is 4.79 Å². The van der Waals surface area contributed by atoms with Gasteiger partial charge in [0.25, 0.3) is 0 Å². The van der Waals surface area contributed by atoms with Crippen LogP contribution in [0.25, 0.3) is 12.2 Å². The van der Waals surface area contributed by atoms with Crippen molar-refractivity contribution in [2.24, 2.45) is 0 Å². The van der Waals surface area contributed by atoms with Crippen molar-refractivity contribution in [1.82, 2.24) is 0 Å². The molecule has 5 nitrogen and oxygen atoms in total. The third-order valence-electron chi connectivity index (χ3n) is 4.34. The molecule has 0 aliphatic carbocycles. The summed E-state index contributed by atoms with van der Waals surface area (Å²) in [6.45, 7) is 2.61. The van der Waals surface area contributed by atoms with Gasteiger partial charge in [0.1, 0.15) is 17.2 Å². The van der Waals surface area contributed by atoms with Gasteiger partial charge >= 0.3 is 5.97 Å². The molecule has 2 rings (SSSR count). The zero-order chi connectivity index (χ0) is 26.6. The van der Waals surface area contributed by atoms with Crippen LogP contribution in [-0.2, 0) is 9.53 Å². The van der Waals surface area contributed by atoms with E-state index >= 15 is 0 Å². The molecule has 0 saturated heterocycles. The van der Waals surface area contributed by atoms with Crippen LogP contribution in [0.1, 0.15) is 58.4 Å². The number of carbonyl (C=O) groups excluding carboxylic acids is 1. The Bertz CT molecular complexity index is 984. The average molecular weight is 419 g/mol. The van der Waals surface area contributed by atoms with Crippen LogP contribution >= 0.6 is 0 Å². The highest BCUT2D eigenvalue weighted by atomic mass is 16.5. The lowest BCUT2D eigenvalue weighted by atomic mass is 10.1. The SMILES string of the molecule is [2H]C([2H])([2H])Oc1ccc(/C=C/c2cc(OCCCCCCC(=O)OCC)cc(OC([2H])([2H])[2H])c2)cc1. The van der Waals surface area contributed by atoms with E-state index in [2.05, 4.69) is 0 Å². The number of rotatable bonds is 13. The molecule has 0 amide bonds. The number of carbonyl (C=O) groups is 1. The topological polar surface area (TPSA) is 54.0 Å². The zero-order valence-corrected chi connectivity index (χ0v) is 17.2. The number of esters is 1. The Labute approximate surface area is 188 Å². The summed E-state index contributed by atoms with van der Waals surface area (Å²) in [7, 11) is -5.11. The molecular weight excluding hydrogens is 380 g/mol. The van der Waals surface area contributed by atoms with Crippen LogP contribution < -0.4 is 14.2 Å². The first-order chi connectivity index (χ1) is 16.9. The van der Waals surface area contributed by atoms with Gasteiger partial charge in [0.05, 0.1) is 35.5 Å². The number of ether oxygens (including phenoxy) is 4. The normalized spacial score (nSPS) is 14.6. The summed E-state index contributed by atoms with van der Waals surface area (Å²) in [6.07, 6.45) is 7.29. The van der Waals surface area contributed by atoms with E-state index in [4.69, 9.17) is 27.2 Å². The molecule has 0 fully saturated rings. The summed E-state index contributed by atoms with van der Waals surface area (Å²) in [5, 5.41) is 0. The molecular formula is C25H32O5. The van der Waals surface area contributed by atoms with E-state index in [9.17, 15) is 4.79 Å². The van der Waals surface area contributed by atoms with Gasteiger partial charge in [0, 0.05) is 12.5 Å². The second kappa shape index (κ2) is 13.3. The molecule has 0 aliphatic rings. The lowest BCUT2D eigenvalue weighted by molar-refractivity contribution is -0.143. The molecule has 0 bridgehead atoms. The summed E-state index contributed by atoms with van der Waals surface area (Å²) < 4.78 is 64.3. The first-order valence-corrected chi connectivity index (χ1v) is 10.0. The van der Waals surface area contributed by atoms with Crippen molar-refractivity contribution in [3.63, 3.8) is 0 Å². The van der Waals surface area contributed by atoms with E-state index in [-0.39, 0.29) is 17.5 Å². The summed E-state index contributed by atoms with van der Waals surface area (Å²) in [5.41, 5.74) is 1.46. The number of benzene rings is 2. The largest absolute Gasteiger partial charge is 0.497 e. The highest BCUT2D eigenvalue weighted by molar-refractivity contribution is 5.71. The molecule has 0 saturated carbocycles. The minimum atomic E-state index is -2.60. The van der Waals surface area contributed by atoms with Crippen LogP contribution in [0.15, 0.2) is 42.5 Å². The van der Waals surface area contributed by atoms with Crippen molar-refractivity contribution < 1.29 is 32.0 Å². The highest BCUT2D eigenvalue weighted by Gasteiger charge is 2.03. The summed E-state index contributed by atoms with van der Waals surface area (Å²) in [4.78, 5) is 11.4. The van der Waals surface area contributed by atoms with E-state index in [1.54, 1.807) is 55.5 Å². The number of hydrogen-bond acceptors (Lipinski definition) is 5. The minimum Gasteiger partial charge on any atom is -0.497 e. The number of methoxy groups -OCH3 is 2. The molecule has 0 atom stereocenters. The van der Waals surface area contributed by atoms with Crippen molar-refractivity contribution in [1.29, 1.82) is 0 Å². The Balaban J connectivity index is 1.98. The molecule has 5 heteroatoms. The van der Waals surface area contributed by atoms with Crippen molar-refractivity contribution in [3.8, 4) is 17.2 Å². The third kappa shape index (κ3) is 8.60. The first kappa shape index (κ1) is 15.8. The van der Waals surface area contributed by atoms with E-state index in [0.29, 0.717) is 30.9 Å². The maximum absolute atomic E-state index is 11.4.